The Morgan fingerprint density at radius 1 is 1.21 bits per heavy atom. The van der Waals surface area contributed by atoms with E-state index in [-0.39, 0.29) is 0 Å². The summed E-state index contributed by atoms with van der Waals surface area (Å²) < 4.78 is 0. The van der Waals surface area contributed by atoms with Gasteiger partial charge in [-0.3, -0.25) is 5.41 Å². The lowest BCUT2D eigenvalue weighted by atomic mass is 10.0. The van der Waals surface area contributed by atoms with E-state index in [0.717, 1.165) is 11.8 Å². The van der Waals surface area contributed by atoms with Gasteiger partial charge in [-0.25, -0.2) is 0 Å². The first kappa shape index (κ1) is 10.0. The van der Waals surface area contributed by atoms with Crippen LogP contribution in [0.5, 0.6) is 0 Å². The van der Waals surface area contributed by atoms with Gasteiger partial charge in [-0.2, -0.15) is 0 Å². The highest BCUT2D eigenvalue weighted by Gasteiger charge is 2.33. The molecular formula is C12H22N2. The zero-order valence-electron chi connectivity index (χ0n) is 9.42. The van der Waals surface area contributed by atoms with Crippen molar-refractivity contribution in [2.24, 2.45) is 11.8 Å². The van der Waals surface area contributed by atoms with Gasteiger partial charge in [0.15, 0.2) is 0 Å². The summed E-state index contributed by atoms with van der Waals surface area (Å²) in [6.45, 7) is 2.28. The molecule has 2 aliphatic carbocycles. The first-order valence-corrected chi connectivity index (χ1v) is 6.01. The number of nitrogens with one attached hydrogen (secondary N) is 1. The van der Waals surface area contributed by atoms with Crippen molar-refractivity contribution >= 4 is 5.84 Å². The molecule has 0 aromatic rings. The number of nitrogens with zero attached hydrogens (tertiary/aromatic N) is 1. The van der Waals surface area contributed by atoms with E-state index >= 15 is 0 Å². The van der Waals surface area contributed by atoms with Gasteiger partial charge in [0.2, 0.25) is 0 Å². The predicted molar refractivity (Wildman–Crippen MR) is 59.6 cm³/mol. The molecule has 0 heterocycles. The first-order valence-electron chi connectivity index (χ1n) is 6.01. The van der Waals surface area contributed by atoms with Crippen molar-refractivity contribution in [1.29, 1.82) is 5.41 Å². The third-order valence-corrected chi connectivity index (χ3v) is 4.04. The Kier molecular flexibility index (Phi) is 2.80. The van der Waals surface area contributed by atoms with Gasteiger partial charge in [-0.15, -0.1) is 0 Å². The van der Waals surface area contributed by atoms with Crippen LogP contribution < -0.4 is 0 Å². The van der Waals surface area contributed by atoms with Gasteiger partial charge in [0.25, 0.3) is 0 Å². The number of rotatable bonds is 3. The molecule has 1 unspecified atom stereocenters. The van der Waals surface area contributed by atoms with Crippen molar-refractivity contribution in [3.63, 3.8) is 0 Å². The maximum atomic E-state index is 8.17. The normalized spacial score (nSPS) is 25.0. The molecular weight excluding hydrogens is 172 g/mol. The second-order valence-corrected chi connectivity index (χ2v) is 5.06. The van der Waals surface area contributed by atoms with Gasteiger partial charge in [-0.05, 0) is 38.5 Å². The molecule has 14 heavy (non-hydrogen) atoms. The van der Waals surface area contributed by atoms with E-state index in [2.05, 4.69) is 18.9 Å². The molecule has 0 aromatic heterocycles. The fourth-order valence-electron chi connectivity index (χ4n) is 2.60. The molecule has 1 atom stereocenters. The molecule has 2 fully saturated rings. The van der Waals surface area contributed by atoms with Crippen molar-refractivity contribution in [2.75, 3.05) is 7.05 Å². The van der Waals surface area contributed by atoms with Crippen molar-refractivity contribution in [2.45, 2.75) is 51.5 Å². The van der Waals surface area contributed by atoms with E-state index in [4.69, 9.17) is 5.41 Å². The van der Waals surface area contributed by atoms with Crippen LogP contribution in [0.15, 0.2) is 0 Å². The summed E-state index contributed by atoms with van der Waals surface area (Å²) in [7, 11) is 2.11. The second-order valence-electron chi connectivity index (χ2n) is 5.06. The fourth-order valence-corrected chi connectivity index (χ4v) is 2.60. The van der Waals surface area contributed by atoms with Gasteiger partial charge in [0, 0.05) is 19.0 Å². The van der Waals surface area contributed by atoms with Crippen LogP contribution in [0, 0.1) is 17.2 Å². The highest BCUT2D eigenvalue weighted by molar-refractivity contribution is 5.82. The van der Waals surface area contributed by atoms with Crippen LogP contribution >= 0.6 is 0 Å². The van der Waals surface area contributed by atoms with Gasteiger partial charge in [-0.1, -0.05) is 12.8 Å². The van der Waals surface area contributed by atoms with Gasteiger partial charge in [0.05, 0.1) is 5.84 Å². The minimum Gasteiger partial charge on any atom is -0.360 e. The zero-order chi connectivity index (χ0) is 10.1. The summed E-state index contributed by atoms with van der Waals surface area (Å²) in [6.07, 6.45) is 7.92. The summed E-state index contributed by atoms with van der Waals surface area (Å²) in [6, 6.07) is 0.600. The van der Waals surface area contributed by atoms with E-state index in [9.17, 15) is 0 Å². The van der Waals surface area contributed by atoms with Crippen LogP contribution in [-0.2, 0) is 0 Å². The van der Waals surface area contributed by atoms with E-state index in [1.54, 1.807) is 0 Å². The summed E-state index contributed by atoms with van der Waals surface area (Å²) in [4.78, 5) is 2.23. The van der Waals surface area contributed by atoms with Crippen LogP contribution in [0.2, 0.25) is 0 Å². The fraction of sp³-hybridized carbons (Fsp3) is 0.917. The minimum atomic E-state index is 0.571. The Hall–Kier alpha value is -0.530. The summed E-state index contributed by atoms with van der Waals surface area (Å²) in [5.41, 5.74) is 0. The molecule has 0 amide bonds. The number of hydrogen-bond donors (Lipinski definition) is 1. The van der Waals surface area contributed by atoms with Crippen LogP contribution in [-0.4, -0.2) is 23.8 Å². The van der Waals surface area contributed by atoms with E-state index in [1.807, 2.05) is 0 Å². The molecule has 2 nitrogen and oxygen atoms in total. The van der Waals surface area contributed by atoms with Gasteiger partial charge in [0.1, 0.15) is 0 Å². The average molecular weight is 194 g/mol. The Bertz CT molecular complexity index is 214. The van der Waals surface area contributed by atoms with Crippen molar-refractivity contribution in [3.8, 4) is 0 Å². The lowest BCUT2D eigenvalue weighted by Gasteiger charge is -2.30. The van der Waals surface area contributed by atoms with Crippen LogP contribution in [0.25, 0.3) is 0 Å². The maximum Gasteiger partial charge on any atom is 0.0989 e. The molecule has 2 aliphatic rings. The lowest BCUT2D eigenvalue weighted by Crippen LogP contribution is -2.39. The first-order chi connectivity index (χ1) is 6.70. The second kappa shape index (κ2) is 3.92. The van der Waals surface area contributed by atoms with Crippen LogP contribution in [0.1, 0.15) is 45.4 Å². The average Bonchev–Trinajstić information content (AvgIpc) is 2.90. The quantitative estimate of drug-likeness (QED) is 0.543. The molecule has 0 saturated heterocycles. The Labute approximate surface area is 87.2 Å². The van der Waals surface area contributed by atoms with E-state index in [1.165, 1.54) is 38.5 Å². The van der Waals surface area contributed by atoms with Gasteiger partial charge < -0.3 is 4.90 Å². The topological polar surface area (TPSA) is 27.1 Å². The maximum absolute atomic E-state index is 8.17. The van der Waals surface area contributed by atoms with E-state index < -0.39 is 0 Å². The molecule has 2 rings (SSSR count). The molecule has 0 radical (unpaired) electrons. The summed E-state index contributed by atoms with van der Waals surface area (Å²) >= 11 is 0. The molecule has 1 N–H and O–H groups in total. The number of hydrogen-bond acceptors (Lipinski definition) is 1. The van der Waals surface area contributed by atoms with Crippen LogP contribution in [0.4, 0.5) is 0 Å². The molecule has 80 valence electrons. The van der Waals surface area contributed by atoms with Gasteiger partial charge >= 0.3 is 0 Å². The van der Waals surface area contributed by atoms with Crippen molar-refractivity contribution < 1.29 is 0 Å². The highest BCUT2D eigenvalue weighted by atomic mass is 15.2. The zero-order valence-corrected chi connectivity index (χ0v) is 9.42. The monoisotopic (exact) mass is 194 g/mol. The molecule has 0 spiro atoms. The highest BCUT2D eigenvalue weighted by Crippen LogP contribution is 2.36. The molecule has 0 aromatic carbocycles. The largest absolute Gasteiger partial charge is 0.360 e. The Morgan fingerprint density at radius 3 is 2.29 bits per heavy atom. The Balaban J connectivity index is 1.88. The molecule has 0 aliphatic heterocycles. The molecule has 2 saturated carbocycles. The minimum absolute atomic E-state index is 0.571. The van der Waals surface area contributed by atoms with Crippen molar-refractivity contribution in [1.82, 2.24) is 4.90 Å². The third kappa shape index (κ3) is 1.94. The predicted octanol–water partition coefficient (Wildman–Crippen LogP) is 2.88. The standard InChI is InChI=1S/C12H22N2/c1-9(10-7-8-10)14(2)12(13)11-5-3-4-6-11/h9-11,13H,3-8H2,1-2H3. The number of amidine groups is 1. The summed E-state index contributed by atoms with van der Waals surface area (Å²) in [5.74, 6) is 2.35. The van der Waals surface area contributed by atoms with Crippen LogP contribution in [0.3, 0.4) is 0 Å². The Morgan fingerprint density at radius 2 is 1.79 bits per heavy atom. The molecule has 0 bridgehead atoms. The molecule has 2 heteroatoms. The third-order valence-electron chi connectivity index (χ3n) is 4.04. The van der Waals surface area contributed by atoms with Crippen molar-refractivity contribution in [3.05, 3.63) is 0 Å². The lowest BCUT2D eigenvalue weighted by molar-refractivity contribution is 0.333. The van der Waals surface area contributed by atoms with E-state index in [0.29, 0.717) is 12.0 Å². The summed E-state index contributed by atoms with van der Waals surface area (Å²) in [5, 5.41) is 8.17. The SMILES string of the molecule is CC(C1CC1)N(C)C(=N)C1CCCC1. The smallest absolute Gasteiger partial charge is 0.0989 e.